The molecular weight excluding hydrogens is 385 g/mol. The van der Waals surface area contributed by atoms with E-state index in [1.54, 1.807) is 17.6 Å². The van der Waals surface area contributed by atoms with E-state index in [-0.39, 0.29) is 11.8 Å². The predicted octanol–water partition coefficient (Wildman–Crippen LogP) is 3.07. The van der Waals surface area contributed by atoms with Gasteiger partial charge in [0.1, 0.15) is 5.76 Å². The summed E-state index contributed by atoms with van der Waals surface area (Å²) in [5, 5.41) is 11.2. The van der Waals surface area contributed by atoms with Crippen molar-refractivity contribution in [2.75, 3.05) is 24.5 Å². The Bertz CT molecular complexity index is 777. The standard InChI is InChI=1S/C15H16N2O2S.C2HF3O2/c18-15-14-9-16(8-13-2-1-4-19-13)6-11(14)7-17(15)12-3-5-20-10-12;3-2(4,5)1(6)7/h1-5,10-11,14H,6-9H2;(H,6,7)/t11-,14-;/m0./s1. The highest BCUT2D eigenvalue weighted by Crippen LogP contribution is 2.36. The monoisotopic (exact) mass is 402 g/mol. The van der Waals surface area contributed by atoms with Crippen LogP contribution in [0.2, 0.25) is 0 Å². The Morgan fingerprint density at radius 1 is 1.30 bits per heavy atom. The number of furan rings is 1. The highest BCUT2D eigenvalue weighted by Gasteiger charge is 2.46. The van der Waals surface area contributed by atoms with Crippen LogP contribution in [-0.2, 0) is 16.1 Å². The number of halogens is 3. The van der Waals surface area contributed by atoms with E-state index in [2.05, 4.69) is 10.3 Å². The van der Waals surface area contributed by atoms with Crippen LogP contribution in [-0.4, -0.2) is 47.7 Å². The van der Waals surface area contributed by atoms with E-state index in [0.717, 1.165) is 37.6 Å². The molecule has 1 N–H and O–H groups in total. The first-order chi connectivity index (χ1) is 12.8. The molecule has 2 fully saturated rings. The van der Waals surface area contributed by atoms with E-state index < -0.39 is 12.1 Å². The molecule has 2 atom stereocenters. The van der Waals surface area contributed by atoms with Gasteiger partial charge in [0.05, 0.1) is 24.4 Å². The Labute approximate surface area is 156 Å². The molecule has 27 heavy (non-hydrogen) atoms. The molecule has 0 radical (unpaired) electrons. The molecule has 10 heteroatoms. The van der Waals surface area contributed by atoms with Gasteiger partial charge in [-0.1, -0.05) is 0 Å². The van der Waals surface area contributed by atoms with Gasteiger partial charge in [0, 0.05) is 30.9 Å². The predicted molar refractivity (Wildman–Crippen MR) is 91.3 cm³/mol. The fourth-order valence-electron chi connectivity index (χ4n) is 3.35. The van der Waals surface area contributed by atoms with E-state index in [4.69, 9.17) is 14.3 Å². The van der Waals surface area contributed by atoms with Crippen LogP contribution in [0.25, 0.3) is 0 Å². The molecule has 0 spiro atoms. The molecule has 6 nitrogen and oxygen atoms in total. The third-order valence-electron chi connectivity index (χ3n) is 4.54. The fraction of sp³-hybridized carbons (Fsp3) is 0.412. The average Bonchev–Trinajstić information content (AvgIpc) is 3.35. The number of alkyl halides is 3. The molecule has 0 aliphatic carbocycles. The maximum Gasteiger partial charge on any atom is 0.490 e. The SMILES string of the molecule is O=C(O)C(F)(F)F.O=C1[C@H]2CN(Cc3ccco3)C[C@H]2CN1c1ccsc1. The summed E-state index contributed by atoms with van der Waals surface area (Å²) in [7, 11) is 0. The van der Waals surface area contributed by atoms with Gasteiger partial charge in [0.15, 0.2) is 0 Å². The Hall–Kier alpha value is -2.33. The van der Waals surface area contributed by atoms with Crippen LogP contribution in [0.15, 0.2) is 39.6 Å². The Kier molecular flexibility index (Phi) is 5.56. The molecule has 4 heterocycles. The Morgan fingerprint density at radius 2 is 2.04 bits per heavy atom. The summed E-state index contributed by atoms with van der Waals surface area (Å²) in [4.78, 5) is 25.7. The first kappa shape index (κ1) is 19.4. The number of fused-ring (bicyclic) bond motifs is 1. The number of carboxylic acid groups (broad SMARTS) is 1. The topological polar surface area (TPSA) is 74.0 Å². The highest BCUT2D eigenvalue weighted by molar-refractivity contribution is 7.08. The van der Waals surface area contributed by atoms with Gasteiger partial charge in [-0.05, 0) is 23.6 Å². The third kappa shape index (κ3) is 4.51. The van der Waals surface area contributed by atoms with E-state index >= 15 is 0 Å². The first-order valence-corrected chi connectivity index (χ1v) is 9.08. The fourth-order valence-corrected chi connectivity index (χ4v) is 3.99. The summed E-state index contributed by atoms with van der Waals surface area (Å²) in [6.07, 6.45) is -3.38. The van der Waals surface area contributed by atoms with Crippen LogP contribution in [0, 0.1) is 11.8 Å². The number of carbonyl (C=O) groups is 2. The van der Waals surface area contributed by atoms with Gasteiger partial charge in [-0.15, -0.1) is 0 Å². The minimum absolute atomic E-state index is 0.157. The molecule has 2 aromatic heterocycles. The van der Waals surface area contributed by atoms with Gasteiger partial charge >= 0.3 is 12.1 Å². The van der Waals surface area contributed by atoms with Crippen molar-refractivity contribution in [1.29, 1.82) is 0 Å². The minimum Gasteiger partial charge on any atom is -0.475 e. The molecular formula is C17H17F3N2O4S. The summed E-state index contributed by atoms with van der Waals surface area (Å²) in [6, 6.07) is 5.94. The summed E-state index contributed by atoms with van der Waals surface area (Å²) in [5.41, 5.74) is 1.06. The Balaban J connectivity index is 0.000000260. The van der Waals surface area contributed by atoms with Crippen LogP contribution >= 0.6 is 11.3 Å². The number of nitrogens with zero attached hydrogens (tertiary/aromatic N) is 2. The van der Waals surface area contributed by atoms with Crippen molar-refractivity contribution in [3.63, 3.8) is 0 Å². The quantitative estimate of drug-likeness (QED) is 0.854. The molecule has 2 aromatic rings. The zero-order chi connectivity index (χ0) is 19.6. The number of carbonyl (C=O) groups excluding carboxylic acids is 1. The third-order valence-corrected chi connectivity index (χ3v) is 5.21. The Morgan fingerprint density at radius 3 is 2.56 bits per heavy atom. The van der Waals surface area contributed by atoms with Crippen molar-refractivity contribution < 1.29 is 32.3 Å². The maximum absolute atomic E-state index is 12.5. The summed E-state index contributed by atoms with van der Waals surface area (Å²) in [5.74, 6) is -0.878. The van der Waals surface area contributed by atoms with Crippen LogP contribution in [0.1, 0.15) is 5.76 Å². The average molecular weight is 402 g/mol. The molecule has 146 valence electrons. The molecule has 4 rings (SSSR count). The van der Waals surface area contributed by atoms with Crippen molar-refractivity contribution in [3.05, 3.63) is 41.0 Å². The van der Waals surface area contributed by atoms with Crippen molar-refractivity contribution in [3.8, 4) is 0 Å². The van der Waals surface area contributed by atoms with Crippen molar-refractivity contribution in [1.82, 2.24) is 4.90 Å². The number of carboxylic acids is 1. The summed E-state index contributed by atoms with van der Waals surface area (Å²) >= 11 is 1.64. The molecule has 0 bridgehead atoms. The van der Waals surface area contributed by atoms with Gasteiger partial charge in [0.2, 0.25) is 5.91 Å². The summed E-state index contributed by atoms with van der Waals surface area (Å²) < 4.78 is 37.1. The smallest absolute Gasteiger partial charge is 0.475 e. The zero-order valence-corrected chi connectivity index (χ0v) is 14.9. The van der Waals surface area contributed by atoms with Crippen LogP contribution in [0.3, 0.4) is 0 Å². The van der Waals surface area contributed by atoms with Gasteiger partial charge < -0.3 is 14.4 Å². The van der Waals surface area contributed by atoms with Crippen LogP contribution in [0.4, 0.5) is 18.9 Å². The minimum atomic E-state index is -5.08. The molecule has 2 aliphatic rings. The van der Waals surface area contributed by atoms with E-state index in [0.29, 0.717) is 5.92 Å². The lowest BCUT2D eigenvalue weighted by Gasteiger charge is -2.20. The number of rotatable bonds is 3. The lowest BCUT2D eigenvalue weighted by Crippen LogP contribution is -2.32. The normalized spacial score (nSPS) is 22.5. The number of anilines is 1. The maximum atomic E-state index is 12.5. The van der Waals surface area contributed by atoms with E-state index in [9.17, 15) is 18.0 Å². The number of amides is 1. The van der Waals surface area contributed by atoms with Gasteiger partial charge in [-0.25, -0.2) is 4.79 Å². The molecule has 0 aromatic carbocycles. The second-order valence-electron chi connectivity index (χ2n) is 6.37. The number of likely N-dealkylation sites (tertiary alicyclic amines) is 1. The van der Waals surface area contributed by atoms with Gasteiger partial charge in [0.25, 0.3) is 0 Å². The lowest BCUT2D eigenvalue weighted by molar-refractivity contribution is -0.192. The van der Waals surface area contributed by atoms with Crippen LogP contribution in [0.5, 0.6) is 0 Å². The number of thiophene rings is 1. The van der Waals surface area contributed by atoms with Crippen molar-refractivity contribution in [2.45, 2.75) is 12.7 Å². The molecule has 1 amide bonds. The van der Waals surface area contributed by atoms with Gasteiger partial charge in [-0.2, -0.15) is 24.5 Å². The highest BCUT2D eigenvalue weighted by atomic mass is 32.1. The second kappa shape index (κ2) is 7.73. The first-order valence-electron chi connectivity index (χ1n) is 8.14. The van der Waals surface area contributed by atoms with Crippen molar-refractivity contribution in [2.24, 2.45) is 11.8 Å². The van der Waals surface area contributed by atoms with Crippen molar-refractivity contribution >= 4 is 28.9 Å². The van der Waals surface area contributed by atoms with E-state index in [1.807, 2.05) is 28.5 Å². The molecule has 2 aliphatic heterocycles. The lowest BCUT2D eigenvalue weighted by atomic mass is 10.0. The number of hydrogen-bond acceptors (Lipinski definition) is 5. The summed E-state index contributed by atoms with van der Waals surface area (Å²) in [6.45, 7) is 3.50. The second-order valence-corrected chi connectivity index (χ2v) is 7.15. The molecule has 0 saturated carbocycles. The van der Waals surface area contributed by atoms with Gasteiger partial charge in [-0.3, -0.25) is 9.69 Å². The van der Waals surface area contributed by atoms with E-state index in [1.165, 1.54) is 0 Å². The molecule has 0 unspecified atom stereocenters. The number of aliphatic carboxylic acids is 1. The zero-order valence-electron chi connectivity index (χ0n) is 14.1. The molecule has 2 saturated heterocycles. The largest absolute Gasteiger partial charge is 0.490 e. The number of hydrogen-bond donors (Lipinski definition) is 1. The van der Waals surface area contributed by atoms with Crippen LogP contribution < -0.4 is 4.90 Å².